The number of aryl methyl sites for hydroxylation is 1. The van der Waals surface area contributed by atoms with E-state index >= 15 is 0 Å². The highest BCUT2D eigenvalue weighted by atomic mass is 35.5. The smallest absolute Gasteiger partial charge is 0.433 e. The van der Waals surface area contributed by atoms with Gasteiger partial charge in [0.25, 0.3) is 5.56 Å². The van der Waals surface area contributed by atoms with E-state index in [1.807, 2.05) is 0 Å². The van der Waals surface area contributed by atoms with Crippen LogP contribution in [0, 0.1) is 0 Å². The van der Waals surface area contributed by atoms with E-state index in [0.717, 1.165) is 32.2 Å². The maximum Gasteiger partial charge on any atom is 0.433 e. The minimum atomic E-state index is -4.65. The fraction of sp³-hybridized carbons (Fsp3) is 0.192. The van der Waals surface area contributed by atoms with Gasteiger partial charge in [-0.2, -0.15) is 30.9 Å². The highest BCUT2D eigenvalue weighted by molar-refractivity contribution is 6.30. The van der Waals surface area contributed by atoms with Crippen LogP contribution in [-0.4, -0.2) is 41.7 Å². The van der Waals surface area contributed by atoms with Crippen LogP contribution < -0.4 is 16.0 Å². The molecule has 16 heteroatoms. The van der Waals surface area contributed by atoms with E-state index < -0.39 is 35.9 Å². The van der Waals surface area contributed by atoms with E-state index in [1.54, 1.807) is 24.3 Å². The molecule has 0 aliphatic heterocycles. The maximum atomic E-state index is 13.6. The quantitative estimate of drug-likeness (QED) is 0.252. The van der Waals surface area contributed by atoms with Crippen molar-refractivity contribution in [1.82, 2.24) is 28.9 Å². The van der Waals surface area contributed by atoms with Crippen molar-refractivity contribution in [2.75, 3.05) is 6.61 Å². The lowest BCUT2D eigenvalue weighted by Crippen LogP contribution is -2.33. The number of hydrogen-bond acceptors (Lipinski definition) is 6. The Labute approximate surface area is 236 Å². The molecule has 5 rings (SSSR count). The summed E-state index contributed by atoms with van der Waals surface area (Å²) in [4.78, 5) is 34.3. The molecule has 0 saturated carbocycles. The van der Waals surface area contributed by atoms with Crippen molar-refractivity contribution in [3.63, 3.8) is 0 Å². The zero-order valence-electron chi connectivity index (χ0n) is 21.2. The number of ether oxygens (including phenoxy) is 1. The lowest BCUT2D eigenvalue weighted by Gasteiger charge is -2.14. The van der Waals surface area contributed by atoms with Crippen LogP contribution >= 0.6 is 11.6 Å². The fourth-order valence-electron chi connectivity index (χ4n) is 4.19. The Kier molecular flexibility index (Phi) is 7.30. The van der Waals surface area contributed by atoms with Gasteiger partial charge in [-0.15, -0.1) is 5.10 Å². The van der Waals surface area contributed by atoms with Crippen LogP contribution in [0.5, 0.6) is 5.88 Å². The largest absolute Gasteiger partial charge is 0.468 e. The number of hydrogen-bond donors (Lipinski definition) is 0. The molecule has 0 atom stereocenters. The molecule has 1 aromatic carbocycles. The van der Waals surface area contributed by atoms with Gasteiger partial charge in [0.05, 0.1) is 12.1 Å². The summed E-state index contributed by atoms with van der Waals surface area (Å²) >= 11 is 6.02. The summed E-state index contributed by atoms with van der Waals surface area (Å²) in [5.41, 5.74) is -1.51. The van der Waals surface area contributed by atoms with E-state index in [-0.39, 0.29) is 40.3 Å². The number of pyridine rings is 2. The molecular weight excluding hydrogens is 594 g/mol. The minimum Gasteiger partial charge on any atom is -0.468 e. The zero-order valence-corrected chi connectivity index (χ0v) is 22.0. The third kappa shape index (κ3) is 5.72. The van der Waals surface area contributed by atoms with Crippen LogP contribution in [-0.2, 0) is 19.8 Å². The molecule has 218 valence electrons. The molecule has 0 amide bonds. The summed E-state index contributed by atoms with van der Waals surface area (Å²) in [7, 11) is 1.33. The molecule has 0 unspecified atom stereocenters. The molecule has 0 saturated heterocycles. The van der Waals surface area contributed by atoms with Gasteiger partial charge in [0.1, 0.15) is 5.69 Å². The van der Waals surface area contributed by atoms with Crippen molar-refractivity contribution < 1.29 is 31.1 Å². The number of nitrogens with zero attached hydrogens (tertiary/aromatic N) is 6. The average Bonchev–Trinajstić information content (AvgIpc) is 3.25. The summed E-state index contributed by atoms with van der Waals surface area (Å²) < 4.78 is 84.1. The lowest BCUT2D eigenvalue weighted by atomic mass is 9.97. The van der Waals surface area contributed by atoms with Crippen molar-refractivity contribution in [2.45, 2.75) is 18.9 Å². The SMILES string of the molecule is Cn1c(=O)c(-c2ccc(Cl)cc2)c(-c2ccc(OCC(F)(F)F)nc2)c2nn(Cc3ccc(C(F)(F)F)nc3)c(=O)n21. The van der Waals surface area contributed by atoms with Gasteiger partial charge >= 0.3 is 18.0 Å². The lowest BCUT2D eigenvalue weighted by molar-refractivity contribution is -0.154. The van der Waals surface area contributed by atoms with Crippen LogP contribution in [0.25, 0.3) is 27.9 Å². The molecule has 0 radical (unpaired) electrons. The highest BCUT2D eigenvalue weighted by Gasteiger charge is 2.32. The second kappa shape index (κ2) is 10.6. The molecule has 0 fully saturated rings. The van der Waals surface area contributed by atoms with Gasteiger partial charge in [-0.3, -0.25) is 9.78 Å². The first-order valence-electron chi connectivity index (χ1n) is 11.9. The summed E-state index contributed by atoms with van der Waals surface area (Å²) in [6.45, 7) is -1.85. The molecule has 9 nitrogen and oxygen atoms in total. The second-order valence-corrected chi connectivity index (χ2v) is 9.44. The van der Waals surface area contributed by atoms with E-state index in [9.17, 15) is 35.9 Å². The summed E-state index contributed by atoms with van der Waals surface area (Å²) in [5.74, 6) is -0.332. The molecule has 0 aliphatic carbocycles. The van der Waals surface area contributed by atoms with Gasteiger partial charge in [-0.25, -0.2) is 19.1 Å². The van der Waals surface area contributed by atoms with Crippen LogP contribution in [0.4, 0.5) is 26.3 Å². The Bertz CT molecular complexity index is 1880. The van der Waals surface area contributed by atoms with Crippen molar-refractivity contribution in [2.24, 2.45) is 7.05 Å². The Morgan fingerprint density at radius 3 is 2.12 bits per heavy atom. The van der Waals surface area contributed by atoms with Gasteiger partial charge in [-0.05, 0) is 35.4 Å². The van der Waals surface area contributed by atoms with Gasteiger partial charge in [0.15, 0.2) is 12.3 Å². The Morgan fingerprint density at radius 1 is 0.857 bits per heavy atom. The van der Waals surface area contributed by atoms with Crippen molar-refractivity contribution in [3.8, 4) is 28.1 Å². The maximum absolute atomic E-state index is 13.6. The molecular formula is C26H17ClF6N6O3. The molecule has 0 spiro atoms. The molecule has 42 heavy (non-hydrogen) atoms. The van der Waals surface area contributed by atoms with E-state index in [0.29, 0.717) is 10.6 Å². The number of benzene rings is 1. The first kappa shape index (κ1) is 28.9. The summed E-state index contributed by atoms with van der Waals surface area (Å²) in [6.07, 6.45) is -7.10. The first-order chi connectivity index (χ1) is 19.7. The van der Waals surface area contributed by atoms with E-state index in [4.69, 9.17) is 11.6 Å². The molecule has 0 bridgehead atoms. The highest BCUT2D eigenvalue weighted by Crippen LogP contribution is 2.33. The summed E-state index contributed by atoms with van der Waals surface area (Å²) in [6, 6.07) is 10.7. The Balaban J connectivity index is 1.68. The first-order valence-corrected chi connectivity index (χ1v) is 12.3. The van der Waals surface area contributed by atoms with Crippen LogP contribution in [0.2, 0.25) is 5.02 Å². The number of alkyl halides is 6. The standard InChI is InChI=1S/C26H17ClF6N6O3/c1-37-23(40)21(15-3-6-17(27)7-4-15)20(16-5-9-19(35-11-16)42-13-25(28,29)30)22-36-38(24(41)39(22)37)12-14-2-8-18(34-10-14)26(31,32)33/h2-11H,12-13H2,1H3. The minimum absolute atomic E-state index is 0.0299. The molecule has 0 N–H and O–H groups in total. The van der Waals surface area contributed by atoms with Gasteiger partial charge in [-0.1, -0.05) is 29.8 Å². The number of rotatable bonds is 6. The zero-order chi connectivity index (χ0) is 30.4. The predicted molar refractivity (Wildman–Crippen MR) is 138 cm³/mol. The van der Waals surface area contributed by atoms with Gasteiger partial charge in [0.2, 0.25) is 5.88 Å². The van der Waals surface area contributed by atoms with E-state index in [2.05, 4.69) is 19.8 Å². The van der Waals surface area contributed by atoms with Crippen LogP contribution in [0.15, 0.2) is 70.5 Å². The van der Waals surface area contributed by atoms with Crippen LogP contribution in [0.1, 0.15) is 11.3 Å². The van der Waals surface area contributed by atoms with Crippen LogP contribution in [0.3, 0.4) is 0 Å². The predicted octanol–water partition coefficient (Wildman–Crippen LogP) is 4.98. The molecule has 0 aliphatic rings. The number of halogens is 7. The fourth-order valence-corrected chi connectivity index (χ4v) is 4.31. The van der Waals surface area contributed by atoms with Gasteiger partial charge in [0, 0.05) is 41.7 Å². The van der Waals surface area contributed by atoms with E-state index in [1.165, 1.54) is 25.4 Å². The Morgan fingerprint density at radius 2 is 1.55 bits per heavy atom. The Hall–Kier alpha value is -4.66. The molecule has 4 aromatic heterocycles. The average molecular weight is 611 g/mol. The second-order valence-electron chi connectivity index (χ2n) is 9.00. The molecule has 5 aromatic rings. The monoisotopic (exact) mass is 610 g/mol. The summed E-state index contributed by atoms with van der Waals surface area (Å²) in [5, 5.41) is 4.76. The third-order valence-electron chi connectivity index (χ3n) is 6.09. The molecule has 4 heterocycles. The number of fused-ring (bicyclic) bond motifs is 1. The van der Waals surface area contributed by atoms with Gasteiger partial charge < -0.3 is 4.74 Å². The van der Waals surface area contributed by atoms with Crippen molar-refractivity contribution in [3.05, 3.63) is 98.0 Å². The van der Waals surface area contributed by atoms with Crippen molar-refractivity contribution in [1.29, 1.82) is 0 Å². The topological polar surface area (TPSA) is 96.3 Å². The normalized spacial score (nSPS) is 12.2. The third-order valence-corrected chi connectivity index (χ3v) is 6.34. The number of aromatic nitrogens is 6. The van der Waals surface area contributed by atoms with Crippen molar-refractivity contribution >= 4 is 17.2 Å².